The molecule has 1 aromatic heterocycles. The Morgan fingerprint density at radius 1 is 1.06 bits per heavy atom. The fourth-order valence-electron chi connectivity index (χ4n) is 3.71. The zero-order valence-electron chi connectivity index (χ0n) is 19.5. The minimum Gasteiger partial charge on any atom is -0.321 e. The minimum absolute atomic E-state index is 0.120. The van der Waals surface area contributed by atoms with Crippen molar-refractivity contribution in [3.63, 3.8) is 0 Å². The van der Waals surface area contributed by atoms with E-state index in [1.807, 2.05) is 6.92 Å². The maximum atomic E-state index is 13.2. The van der Waals surface area contributed by atoms with Gasteiger partial charge >= 0.3 is 0 Å². The molecule has 1 heterocycles. The predicted molar refractivity (Wildman–Crippen MR) is 130 cm³/mol. The number of amides is 1. The zero-order chi connectivity index (χ0) is 24.2. The molecular formula is C24H30N4O4S. The van der Waals surface area contributed by atoms with Gasteiger partial charge in [-0.1, -0.05) is 51.5 Å². The van der Waals surface area contributed by atoms with Crippen LogP contribution in [-0.2, 0) is 16.6 Å². The van der Waals surface area contributed by atoms with Gasteiger partial charge in [0.25, 0.3) is 11.5 Å². The monoisotopic (exact) mass is 470 g/mol. The number of fused-ring (bicyclic) bond motifs is 1. The number of nitrogens with zero attached hydrogens (tertiary/aromatic N) is 3. The molecule has 0 radical (unpaired) electrons. The highest BCUT2D eigenvalue weighted by atomic mass is 32.2. The van der Waals surface area contributed by atoms with Crippen molar-refractivity contribution in [1.82, 2.24) is 14.1 Å². The molecule has 0 aliphatic rings. The summed E-state index contributed by atoms with van der Waals surface area (Å²) in [7, 11) is -3.69. The fraction of sp³-hybridized carbons (Fsp3) is 0.375. The van der Waals surface area contributed by atoms with Gasteiger partial charge in [-0.05, 0) is 37.1 Å². The van der Waals surface area contributed by atoms with E-state index < -0.39 is 15.9 Å². The molecule has 0 saturated heterocycles. The molecule has 33 heavy (non-hydrogen) atoms. The first-order valence-electron chi connectivity index (χ1n) is 11.2. The highest BCUT2D eigenvalue weighted by molar-refractivity contribution is 7.89. The third-order valence-electron chi connectivity index (χ3n) is 5.58. The number of anilines is 1. The van der Waals surface area contributed by atoms with E-state index in [2.05, 4.69) is 10.4 Å². The zero-order valence-corrected chi connectivity index (χ0v) is 20.3. The van der Waals surface area contributed by atoms with Gasteiger partial charge in [-0.15, -0.1) is 0 Å². The lowest BCUT2D eigenvalue weighted by atomic mass is 10.1. The molecule has 1 amide bonds. The number of hydrogen-bond acceptors (Lipinski definition) is 5. The molecule has 0 aliphatic heterocycles. The summed E-state index contributed by atoms with van der Waals surface area (Å²) in [4.78, 5) is 26.1. The Bertz CT molecular complexity index is 1330. The SMILES string of the molecule is CCCCn1nc(C(=O)Nc2ccc(C)c(S(=O)(=O)N(CC)CC)c2)c2ccccc2c1=O. The van der Waals surface area contributed by atoms with Gasteiger partial charge in [0.15, 0.2) is 5.69 Å². The number of aromatic nitrogens is 2. The van der Waals surface area contributed by atoms with Gasteiger partial charge in [-0.3, -0.25) is 9.59 Å². The highest BCUT2D eigenvalue weighted by Gasteiger charge is 2.24. The first-order chi connectivity index (χ1) is 15.7. The second kappa shape index (κ2) is 10.3. The number of sulfonamides is 1. The molecular weight excluding hydrogens is 440 g/mol. The van der Waals surface area contributed by atoms with Crippen molar-refractivity contribution in [3.8, 4) is 0 Å². The van der Waals surface area contributed by atoms with Gasteiger partial charge in [0.2, 0.25) is 10.0 Å². The highest BCUT2D eigenvalue weighted by Crippen LogP contribution is 2.24. The lowest BCUT2D eigenvalue weighted by molar-refractivity contribution is 0.102. The second-order valence-electron chi connectivity index (χ2n) is 7.80. The van der Waals surface area contributed by atoms with Gasteiger partial charge in [-0.2, -0.15) is 9.40 Å². The van der Waals surface area contributed by atoms with Crippen LogP contribution in [0, 0.1) is 6.92 Å². The summed E-state index contributed by atoms with van der Waals surface area (Å²) in [6, 6.07) is 11.7. The van der Waals surface area contributed by atoms with Crippen LogP contribution in [-0.4, -0.2) is 41.5 Å². The van der Waals surface area contributed by atoms with Crippen molar-refractivity contribution >= 4 is 32.4 Å². The number of rotatable bonds is 9. The molecule has 9 heteroatoms. The average Bonchev–Trinajstić information content (AvgIpc) is 2.80. The van der Waals surface area contributed by atoms with Crippen molar-refractivity contribution in [3.05, 3.63) is 64.1 Å². The van der Waals surface area contributed by atoms with E-state index in [4.69, 9.17) is 0 Å². The lowest BCUT2D eigenvalue weighted by Crippen LogP contribution is -2.31. The van der Waals surface area contributed by atoms with Crippen LogP contribution in [0.4, 0.5) is 5.69 Å². The summed E-state index contributed by atoms with van der Waals surface area (Å²) >= 11 is 0. The summed E-state index contributed by atoms with van der Waals surface area (Å²) in [6.07, 6.45) is 1.65. The molecule has 2 aromatic carbocycles. The molecule has 0 bridgehead atoms. The third kappa shape index (κ3) is 4.99. The Morgan fingerprint density at radius 3 is 2.36 bits per heavy atom. The Hall–Kier alpha value is -3.04. The van der Waals surface area contributed by atoms with E-state index in [0.29, 0.717) is 41.7 Å². The molecule has 3 aromatic rings. The Labute approximate surface area is 194 Å². The van der Waals surface area contributed by atoms with Crippen LogP contribution in [0.1, 0.15) is 49.7 Å². The molecule has 3 rings (SSSR count). The van der Waals surface area contributed by atoms with Gasteiger partial charge in [0, 0.05) is 30.7 Å². The molecule has 0 saturated carbocycles. The largest absolute Gasteiger partial charge is 0.321 e. The summed E-state index contributed by atoms with van der Waals surface area (Å²) < 4.78 is 28.8. The molecule has 0 atom stereocenters. The van der Waals surface area contributed by atoms with Gasteiger partial charge in [-0.25, -0.2) is 13.1 Å². The first-order valence-corrected chi connectivity index (χ1v) is 12.6. The number of unbranched alkanes of at least 4 members (excludes halogenated alkanes) is 1. The van der Waals surface area contributed by atoms with E-state index in [1.165, 1.54) is 15.1 Å². The van der Waals surface area contributed by atoms with Crippen LogP contribution in [0.2, 0.25) is 0 Å². The third-order valence-corrected chi connectivity index (χ3v) is 7.77. The molecule has 0 unspecified atom stereocenters. The normalized spacial score (nSPS) is 11.8. The maximum absolute atomic E-state index is 13.2. The summed E-state index contributed by atoms with van der Waals surface area (Å²) in [5.41, 5.74) is 0.818. The van der Waals surface area contributed by atoms with Gasteiger partial charge in [0.05, 0.1) is 10.3 Å². The number of hydrogen-bond donors (Lipinski definition) is 1. The fourth-order valence-corrected chi connectivity index (χ4v) is 5.42. The Morgan fingerprint density at radius 2 is 1.73 bits per heavy atom. The summed E-state index contributed by atoms with van der Waals surface area (Å²) in [5, 5.41) is 7.98. The molecule has 8 nitrogen and oxygen atoms in total. The second-order valence-corrected chi connectivity index (χ2v) is 9.71. The maximum Gasteiger partial charge on any atom is 0.276 e. The first kappa shape index (κ1) is 24.6. The van der Waals surface area contributed by atoms with Gasteiger partial charge in [0.1, 0.15) is 0 Å². The number of carbonyl (C=O) groups excluding carboxylic acids is 1. The minimum atomic E-state index is -3.69. The van der Waals surface area contributed by atoms with E-state index in [9.17, 15) is 18.0 Å². The summed E-state index contributed by atoms with van der Waals surface area (Å²) in [5.74, 6) is -0.508. The molecule has 0 spiro atoms. The van der Waals surface area contributed by atoms with Crippen molar-refractivity contribution in [2.75, 3.05) is 18.4 Å². The van der Waals surface area contributed by atoms with Crippen LogP contribution >= 0.6 is 0 Å². The van der Waals surface area contributed by atoms with Crippen molar-refractivity contribution in [1.29, 1.82) is 0 Å². The molecule has 0 fully saturated rings. The van der Waals surface area contributed by atoms with E-state index in [0.717, 1.165) is 12.8 Å². The molecule has 0 aliphatic carbocycles. The van der Waals surface area contributed by atoms with Crippen molar-refractivity contribution in [2.45, 2.75) is 52.0 Å². The Kier molecular flexibility index (Phi) is 7.65. The standard InChI is InChI=1S/C24H30N4O4S/c1-5-8-15-28-24(30)20-12-10-9-11-19(20)22(26-28)23(29)25-18-14-13-17(4)21(16-18)33(31,32)27(6-2)7-3/h9-14,16H,5-8,15H2,1-4H3,(H,25,29). The molecule has 176 valence electrons. The van der Waals surface area contributed by atoms with Crippen LogP contribution in [0.5, 0.6) is 0 Å². The van der Waals surface area contributed by atoms with Crippen LogP contribution in [0.3, 0.4) is 0 Å². The van der Waals surface area contributed by atoms with Crippen LogP contribution < -0.4 is 10.9 Å². The summed E-state index contributed by atoms with van der Waals surface area (Å²) in [6.45, 7) is 8.42. The Balaban J connectivity index is 2.03. The van der Waals surface area contributed by atoms with Crippen molar-refractivity contribution < 1.29 is 13.2 Å². The quantitative estimate of drug-likeness (QED) is 0.513. The van der Waals surface area contributed by atoms with Crippen LogP contribution in [0.15, 0.2) is 52.2 Å². The number of benzene rings is 2. The molecule has 1 N–H and O–H groups in total. The topological polar surface area (TPSA) is 101 Å². The number of nitrogens with one attached hydrogen (secondary N) is 1. The smallest absolute Gasteiger partial charge is 0.276 e. The van der Waals surface area contributed by atoms with Crippen LogP contribution in [0.25, 0.3) is 10.8 Å². The number of carbonyl (C=O) groups is 1. The van der Waals surface area contributed by atoms with E-state index in [-0.39, 0.29) is 16.1 Å². The van der Waals surface area contributed by atoms with E-state index >= 15 is 0 Å². The van der Waals surface area contributed by atoms with Crippen molar-refractivity contribution in [2.24, 2.45) is 0 Å². The predicted octanol–water partition coefficient (Wildman–Crippen LogP) is 3.79. The average molecular weight is 471 g/mol. The van der Waals surface area contributed by atoms with E-state index in [1.54, 1.807) is 57.2 Å². The van der Waals surface area contributed by atoms with Gasteiger partial charge < -0.3 is 5.32 Å². The lowest BCUT2D eigenvalue weighted by Gasteiger charge is -2.20. The number of aryl methyl sites for hydroxylation is 2.